The molecule has 0 spiro atoms. The predicted molar refractivity (Wildman–Crippen MR) is 92.3 cm³/mol. The van der Waals surface area contributed by atoms with Crippen molar-refractivity contribution in [3.63, 3.8) is 0 Å². The number of carbonyl (C=O) groups is 1. The van der Waals surface area contributed by atoms with Gasteiger partial charge >= 0.3 is 6.09 Å². The van der Waals surface area contributed by atoms with E-state index in [1.807, 2.05) is 0 Å². The monoisotopic (exact) mass is 391 g/mol. The van der Waals surface area contributed by atoms with E-state index in [0.717, 1.165) is 23.1 Å². The highest BCUT2D eigenvalue weighted by molar-refractivity contribution is 8.42. The molecule has 1 aromatic carbocycles. The molecular weight excluding hydrogens is 376 g/mol. The van der Waals surface area contributed by atoms with E-state index in [1.165, 1.54) is 0 Å². The van der Waals surface area contributed by atoms with E-state index in [2.05, 4.69) is 4.99 Å². The first kappa shape index (κ1) is 19.1. The van der Waals surface area contributed by atoms with Crippen LogP contribution in [0.5, 0.6) is 0 Å². The van der Waals surface area contributed by atoms with Crippen LogP contribution in [0.15, 0.2) is 28.4 Å². The van der Waals surface area contributed by atoms with Crippen LogP contribution in [0.1, 0.15) is 20.8 Å². The van der Waals surface area contributed by atoms with Crippen molar-refractivity contribution in [1.29, 1.82) is 0 Å². The lowest BCUT2D eigenvalue weighted by atomic mass is 10.2. The molecule has 1 aliphatic heterocycles. The number of benzene rings is 1. The van der Waals surface area contributed by atoms with Gasteiger partial charge in [-0.1, -0.05) is 0 Å². The van der Waals surface area contributed by atoms with Crippen LogP contribution in [0.3, 0.4) is 0 Å². The lowest BCUT2D eigenvalue weighted by Gasteiger charge is -2.27. The molecule has 1 heterocycles. The highest BCUT2D eigenvalue weighted by Gasteiger charge is 2.32. The molecule has 0 fully saturated rings. The van der Waals surface area contributed by atoms with Crippen LogP contribution in [0.4, 0.5) is 25.0 Å². The average Bonchev–Trinajstić information content (AvgIpc) is 2.89. The normalized spacial score (nSPS) is 16.5. The minimum absolute atomic E-state index is 0.174. The van der Waals surface area contributed by atoms with Crippen LogP contribution in [-0.2, 0) is 23.5 Å². The second-order valence-electron chi connectivity index (χ2n) is 5.89. The molecule has 1 aliphatic rings. The Kier molecular flexibility index (Phi) is 5.28. The van der Waals surface area contributed by atoms with Crippen LogP contribution in [0.25, 0.3) is 0 Å². The number of aliphatic imine (C=N–C) groups is 1. The number of nitrogens with zero attached hydrogens (tertiary/aromatic N) is 2. The Hall–Kier alpha value is -2.27. The van der Waals surface area contributed by atoms with Crippen LogP contribution in [0.2, 0.25) is 0 Å². The smallest absolute Gasteiger partial charge is 0.420 e. The fourth-order valence-corrected chi connectivity index (χ4v) is 3.49. The van der Waals surface area contributed by atoms with E-state index in [4.69, 9.17) is 10.5 Å². The van der Waals surface area contributed by atoms with Gasteiger partial charge in [0.2, 0.25) is 9.26 Å². The summed E-state index contributed by atoms with van der Waals surface area (Å²) in [5.41, 5.74) is 4.56. The Morgan fingerprint density at radius 3 is 2.28 bits per heavy atom. The molecule has 7 nitrogen and oxygen atoms in total. The summed E-state index contributed by atoms with van der Waals surface area (Å²) in [7, 11) is -3.93. The van der Waals surface area contributed by atoms with E-state index in [0.29, 0.717) is 4.90 Å². The number of rotatable bonds is 2. The van der Waals surface area contributed by atoms with Gasteiger partial charge < -0.3 is 10.5 Å². The molecule has 11 heteroatoms. The van der Waals surface area contributed by atoms with E-state index in [9.17, 15) is 22.0 Å². The number of carbonyl (C=O) groups excluding carboxylic acids is 1. The molecule has 25 heavy (non-hydrogen) atoms. The van der Waals surface area contributed by atoms with Crippen LogP contribution in [-0.4, -0.2) is 25.7 Å². The van der Waals surface area contributed by atoms with E-state index < -0.39 is 47.7 Å². The fraction of sp³-hybridized carbons (Fsp3) is 0.286. The van der Waals surface area contributed by atoms with E-state index in [-0.39, 0.29) is 11.5 Å². The summed E-state index contributed by atoms with van der Waals surface area (Å²) in [6.45, 7) is 4.72. The zero-order valence-electron chi connectivity index (χ0n) is 13.5. The predicted octanol–water partition coefficient (Wildman–Crippen LogP) is 2.54. The highest BCUT2D eigenvalue weighted by atomic mass is 32.9. The molecule has 1 aromatic rings. The first-order valence-corrected chi connectivity index (χ1v) is 9.79. The zero-order chi connectivity index (χ0) is 18.9. The molecule has 0 radical (unpaired) electrons. The summed E-state index contributed by atoms with van der Waals surface area (Å²) < 4.78 is 55.9. The Bertz CT molecular complexity index is 903. The highest BCUT2D eigenvalue weighted by Crippen LogP contribution is 2.32. The third-order valence-corrected chi connectivity index (χ3v) is 5.30. The lowest BCUT2D eigenvalue weighted by molar-refractivity contribution is 0.0590. The Balaban J connectivity index is 2.63. The summed E-state index contributed by atoms with van der Waals surface area (Å²) >= 11 is 0. The van der Waals surface area contributed by atoms with Gasteiger partial charge in [0.25, 0.3) is 0 Å². The fourth-order valence-electron chi connectivity index (χ4n) is 1.86. The summed E-state index contributed by atoms with van der Waals surface area (Å²) in [5, 5.41) is 1.10. The molecular formula is C14H15F2N3O4S2. The standard InChI is InChI=1S/C14H15F2N3O4S2/c1-14(2,3)23-13(20)19(11-6-24(7-18-11)25(21)22)12-9(15)4-8(17)5-10(12)16/h4-7H,17H2,1-3H3. The summed E-state index contributed by atoms with van der Waals surface area (Å²) in [6.07, 6.45) is -1.11. The minimum atomic E-state index is -2.52. The molecule has 0 aromatic heterocycles. The van der Waals surface area contributed by atoms with Crippen molar-refractivity contribution in [2.45, 2.75) is 26.4 Å². The van der Waals surface area contributed by atoms with Gasteiger partial charge in [-0.3, -0.25) is 0 Å². The maximum absolute atomic E-state index is 14.3. The van der Waals surface area contributed by atoms with Crippen molar-refractivity contribution in [3.05, 3.63) is 35.0 Å². The molecule has 0 saturated carbocycles. The number of hydrogen-bond acceptors (Lipinski definition) is 6. The summed E-state index contributed by atoms with van der Waals surface area (Å²) in [5.74, 6) is -2.49. The Morgan fingerprint density at radius 1 is 1.28 bits per heavy atom. The van der Waals surface area contributed by atoms with Gasteiger partial charge in [0.1, 0.15) is 11.3 Å². The largest absolute Gasteiger partial charge is 0.443 e. The van der Waals surface area contributed by atoms with E-state index >= 15 is 0 Å². The molecule has 1 unspecified atom stereocenters. The molecule has 0 aliphatic carbocycles. The number of amides is 1. The number of anilines is 2. The number of halogens is 2. The quantitative estimate of drug-likeness (QED) is 0.781. The summed E-state index contributed by atoms with van der Waals surface area (Å²) in [6, 6.07) is 1.67. The van der Waals surface area contributed by atoms with Gasteiger partial charge in [-0.15, -0.1) is 0 Å². The van der Waals surface area contributed by atoms with Crippen molar-refractivity contribution in [3.8, 4) is 0 Å². The average molecular weight is 391 g/mol. The van der Waals surface area contributed by atoms with Crippen molar-refractivity contribution >= 4 is 41.7 Å². The van der Waals surface area contributed by atoms with Gasteiger partial charge in [0.05, 0.1) is 5.55 Å². The number of nitrogens with two attached hydrogens (primary N) is 1. The number of hydrogen-bond donors (Lipinski definition) is 1. The molecule has 0 saturated heterocycles. The molecule has 136 valence electrons. The second kappa shape index (κ2) is 6.92. The van der Waals surface area contributed by atoms with Gasteiger partial charge in [-0.25, -0.2) is 23.5 Å². The second-order valence-corrected chi connectivity index (χ2v) is 9.38. The third kappa shape index (κ3) is 4.42. The summed E-state index contributed by atoms with van der Waals surface area (Å²) in [4.78, 5) is 16.8. The van der Waals surface area contributed by atoms with Gasteiger partial charge in [0.15, 0.2) is 17.5 Å². The molecule has 1 atom stereocenters. The van der Waals surface area contributed by atoms with Crippen LogP contribution < -0.4 is 10.6 Å². The zero-order valence-corrected chi connectivity index (χ0v) is 15.1. The molecule has 1 amide bonds. The third-order valence-electron chi connectivity index (χ3n) is 2.74. The number of nitrogen functional groups attached to an aromatic ring is 1. The SMILES string of the molecule is CC(C)(C)OC(=O)N(C1=CS(=S(=O)=O)C=N1)c1c(F)cc(N)cc1F. The maximum Gasteiger partial charge on any atom is 0.420 e. The Labute approximate surface area is 145 Å². The van der Waals surface area contributed by atoms with Crippen molar-refractivity contribution in [1.82, 2.24) is 0 Å². The van der Waals surface area contributed by atoms with Gasteiger partial charge in [0, 0.05) is 20.5 Å². The molecule has 0 bridgehead atoms. The van der Waals surface area contributed by atoms with E-state index in [1.54, 1.807) is 20.8 Å². The number of ether oxygens (including phenoxy) is 1. The molecule has 2 N–H and O–H groups in total. The van der Waals surface area contributed by atoms with Crippen molar-refractivity contribution in [2.75, 3.05) is 10.6 Å². The van der Waals surface area contributed by atoms with Gasteiger partial charge in [-0.05, 0) is 32.9 Å². The van der Waals surface area contributed by atoms with Crippen molar-refractivity contribution < 1.29 is 26.7 Å². The van der Waals surface area contributed by atoms with Crippen LogP contribution in [0, 0.1) is 11.6 Å². The van der Waals surface area contributed by atoms with Crippen molar-refractivity contribution in [2.24, 2.45) is 4.99 Å². The first-order chi connectivity index (χ1) is 11.5. The van der Waals surface area contributed by atoms with Gasteiger partial charge in [-0.2, -0.15) is 8.42 Å². The lowest BCUT2D eigenvalue weighted by Crippen LogP contribution is -2.36. The Morgan fingerprint density at radius 2 is 1.84 bits per heavy atom. The topological polar surface area (TPSA) is 102 Å². The minimum Gasteiger partial charge on any atom is -0.443 e. The first-order valence-electron chi connectivity index (χ1n) is 6.85. The molecule has 2 rings (SSSR count). The maximum atomic E-state index is 14.3. The van der Waals surface area contributed by atoms with Crippen LogP contribution >= 0.6 is 0 Å².